The van der Waals surface area contributed by atoms with E-state index in [1.807, 2.05) is 36.4 Å². The summed E-state index contributed by atoms with van der Waals surface area (Å²) in [6.45, 7) is 0.168. The van der Waals surface area contributed by atoms with Crippen molar-refractivity contribution in [1.29, 1.82) is 0 Å². The lowest BCUT2D eigenvalue weighted by atomic mass is 9.98. The number of benzene rings is 3. The Balaban J connectivity index is 1.29. The van der Waals surface area contributed by atoms with Gasteiger partial charge in [0.2, 0.25) is 0 Å². The van der Waals surface area contributed by atoms with Crippen molar-refractivity contribution in [2.75, 3.05) is 23.6 Å². The van der Waals surface area contributed by atoms with Crippen LogP contribution in [-0.4, -0.2) is 52.3 Å². The first-order valence-electron chi connectivity index (χ1n) is 11.0. The highest BCUT2D eigenvalue weighted by molar-refractivity contribution is 9.10. The van der Waals surface area contributed by atoms with E-state index in [-0.39, 0.29) is 18.1 Å². The SMILES string of the molecule is O=C(Nc1cc(C(=O)N2CSC[C@H]2C(=O)O)ccc1Br)OCC1c2ccccc2-c2ccccc21. The van der Waals surface area contributed by atoms with Gasteiger partial charge in [-0.15, -0.1) is 11.8 Å². The topological polar surface area (TPSA) is 95.9 Å². The highest BCUT2D eigenvalue weighted by Gasteiger charge is 2.35. The largest absolute Gasteiger partial charge is 0.480 e. The minimum Gasteiger partial charge on any atom is -0.480 e. The maximum absolute atomic E-state index is 12.9. The number of anilines is 1. The Labute approximate surface area is 214 Å². The number of carbonyl (C=O) groups is 3. The van der Waals surface area contributed by atoms with E-state index < -0.39 is 24.0 Å². The van der Waals surface area contributed by atoms with Crippen LogP contribution in [0.25, 0.3) is 11.1 Å². The summed E-state index contributed by atoms with van der Waals surface area (Å²) in [4.78, 5) is 38.4. The van der Waals surface area contributed by atoms with Crippen LogP contribution in [0, 0.1) is 0 Å². The Kier molecular flexibility index (Phi) is 6.53. The predicted octanol–water partition coefficient (Wildman–Crippen LogP) is 5.41. The van der Waals surface area contributed by atoms with Crippen LogP contribution in [0.15, 0.2) is 71.2 Å². The third-order valence-corrected chi connectivity index (χ3v) is 7.93. The number of aliphatic carboxylic acids is 1. The summed E-state index contributed by atoms with van der Waals surface area (Å²) >= 11 is 4.79. The molecule has 2 N–H and O–H groups in total. The van der Waals surface area contributed by atoms with Gasteiger partial charge in [0.15, 0.2) is 0 Å². The summed E-state index contributed by atoms with van der Waals surface area (Å²) in [6, 6.07) is 20.1. The number of rotatable bonds is 5. The van der Waals surface area contributed by atoms with E-state index >= 15 is 0 Å². The monoisotopic (exact) mass is 552 g/mol. The fourth-order valence-electron chi connectivity index (χ4n) is 4.51. The number of carboxylic acids is 1. The Hall–Kier alpha value is -3.30. The smallest absolute Gasteiger partial charge is 0.411 e. The molecule has 35 heavy (non-hydrogen) atoms. The summed E-state index contributed by atoms with van der Waals surface area (Å²) in [5, 5.41) is 12.1. The first-order chi connectivity index (χ1) is 16.9. The molecule has 9 heteroatoms. The van der Waals surface area contributed by atoms with E-state index in [0.29, 0.717) is 21.8 Å². The van der Waals surface area contributed by atoms with Crippen LogP contribution >= 0.6 is 27.7 Å². The second-order valence-corrected chi connectivity index (χ2v) is 10.1. The molecular formula is C26H21BrN2O5S. The van der Waals surface area contributed by atoms with Gasteiger partial charge in [-0.05, 0) is 56.4 Å². The zero-order valence-electron chi connectivity index (χ0n) is 18.4. The first-order valence-corrected chi connectivity index (χ1v) is 12.9. The molecule has 0 saturated carbocycles. The molecule has 1 atom stereocenters. The number of nitrogens with zero attached hydrogens (tertiary/aromatic N) is 1. The number of fused-ring (bicyclic) bond motifs is 3. The van der Waals surface area contributed by atoms with Crippen molar-refractivity contribution in [2.24, 2.45) is 0 Å². The molecule has 1 aliphatic carbocycles. The number of thioether (sulfide) groups is 1. The van der Waals surface area contributed by atoms with Gasteiger partial charge in [0.05, 0.1) is 11.6 Å². The zero-order valence-corrected chi connectivity index (χ0v) is 20.8. The summed E-state index contributed by atoms with van der Waals surface area (Å²) in [6.07, 6.45) is -0.641. The quantitative estimate of drug-likeness (QED) is 0.439. The molecule has 0 bridgehead atoms. The Morgan fingerprint density at radius 3 is 2.34 bits per heavy atom. The van der Waals surface area contributed by atoms with Crippen LogP contribution in [0.5, 0.6) is 0 Å². The zero-order chi connectivity index (χ0) is 24.5. The third-order valence-electron chi connectivity index (χ3n) is 6.22. The molecule has 5 rings (SSSR count). The standard InChI is InChI=1S/C26H21BrN2O5S/c27-21-10-9-15(24(30)29-14-35-13-23(29)25(31)32)11-22(21)28-26(33)34-12-20-18-7-3-1-5-16(18)17-6-2-4-8-19(17)20/h1-11,20,23H,12-14H2,(H,28,33)(H,31,32)/t23-/m0/s1. The van der Waals surface area contributed by atoms with Crippen molar-refractivity contribution in [3.8, 4) is 11.1 Å². The van der Waals surface area contributed by atoms with E-state index in [9.17, 15) is 19.5 Å². The molecule has 1 aliphatic heterocycles. The predicted molar refractivity (Wildman–Crippen MR) is 138 cm³/mol. The molecule has 7 nitrogen and oxygen atoms in total. The van der Waals surface area contributed by atoms with Gasteiger partial charge < -0.3 is 14.7 Å². The minimum atomic E-state index is -1.03. The molecule has 3 aromatic rings. The molecule has 0 radical (unpaired) electrons. The van der Waals surface area contributed by atoms with Crippen molar-refractivity contribution in [1.82, 2.24) is 4.90 Å². The first kappa shape index (κ1) is 23.4. The van der Waals surface area contributed by atoms with Gasteiger partial charge in [-0.2, -0.15) is 0 Å². The molecule has 1 heterocycles. The van der Waals surface area contributed by atoms with Crippen molar-refractivity contribution < 1.29 is 24.2 Å². The molecule has 178 valence electrons. The minimum absolute atomic E-state index is 0.0647. The molecule has 1 fully saturated rings. The maximum atomic E-state index is 12.9. The van der Waals surface area contributed by atoms with Crippen molar-refractivity contribution >= 4 is 51.3 Å². The highest BCUT2D eigenvalue weighted by Crippen LogP contribution is 2.44. The normalized spacial score (nSPS) is 16.5. The van der Waals surface area contributed by atoms with Crippen LogP contribution in [-0.2, 0) is 9.53 Å². The Morgan fingerprint density at radius 2 is 1.69 bits per heavy atom. The summed E-state index contributed by atoms with van der Waals surface area (Å²) in [7, 11) is 0. The summed E-state index contributed by atoms with van der Waals surface area (Å²) in [5.74, 6) is -0.836. The van der Waals surface area contributed by atoms with Crippen LogP contribution in [0.1, 0.15) is 27.4 Å². The van der Waals surface area contributed by atoms with Gasteiger partial charge in [-0.1, -0.05) is 48.5 Å². The average molecular weight is 553 g/mol. The fraction of sp³-hybridized carbons (Fsp3) is 0.192. The van der Waals surface area contributed by atoms with Crippen molar-refractivity contribution in [3.05, 3.63) is 87.9 Å². The number of nitrogens with one attached hydrogen (secondary N) is 1. The highest BCUT2D eigenvalue weighted by atomic mass is 79.9. The lowest BCUT2D eigenvalue weighted by Gasteiger charge is -2.21. The molecule has 2 aliphatic rings. The number of amides is 2. The van der Waals surface area contributed by atoms with E-state index in [0.717, 1.165) is 22.3 Å². The van der Waals surface area contributed by atoms with Gasteiger partial charge >= 0.3 is 12.1 Å². The van der Waals surface area contributed by atoms with Crippen LogP contribution < -0.4 is 5.32 Å². The molecule has 0 spiro atoms. The number of hydrogen-bond acceptors (Lipinski definition) is 5. The van der Waals surface area contributed by atoms with Crippen molar-refractivity contribution in [2.45, 2.75) is 12.0 Å². The Morgan fingerprint density at radius 1 is 1.03 bits per heavy atom. The van der Waals surface area contributed by atoms with E-state index in [1.165, 1.54) is 22.7 Å². The number of carboxylic acid groups (broad SMARTS) is 1. The van der Waals surface area contributed by atoms with Crippen molar-refractivity contribution in [3.63, 3.8) is 0 Å². The molecule has 2 amide bonds. The number of hydrogen-bond donors (Lipinski definition) is 2. The van der Waals surface area contributed by atoms with Gasteiger partial charge in [0.1, 0.15) is 12.6 Å². The molecule has 3 aromatic carbocycles. The number of halogens is 1. The molecule has 0 unspecified atom stereocenters. The van der Waals surface area contributed by atoms with E-state index in [4.69, 9.17) is 4.74 Å². The van der Waals surface area contributed by atoms with Gasteiger partial charge in [-0.3, -0.25) is 10.1 Å². The van der Waals surface area contributed by atoms with Crippen LogP contribution in [0.3, 0.4) is 0 Å². The average Bonchev–Trinajstić information content (AvgIpc) is 3.47. The second kappa shape index (κ2) is 9.75. The van der Waals surface area contributed by atoms with Gasteiger partial charge in [0, 0.05) is 21.7 Å². The van der Waals surface area contributed by atoms with Crippen LogP contribution in [0.4, 0.5) is 10.5 Å². The Bertz CT molecular complexity index is 1290. The third kappa shape index (κ3) is 4.53. The summed E-state index contributed by atoms with van der Waals surface area (Å²) < 4.78 is 6.18. The molecule has 1 saturated heterocycles. The fourth-order valence-corrected chi connectivity index (χ4v) is 6.00. The van der Waals surface area contributed by atoms with E-state index in [2.05, 4.69) is 33.4 Å². The second-order valence-electron chi connectivity index (χ2n) is 8.27. The molecular weight excluding hydrogens is 532 g/mol. The van der Waals surface area contributed by atoms with Gasteiger partial charge in [-0.25, -0.2) is 9.59 Å². The lowest BCUT2D eigenvalue weighted by Crippen LogP contribution is -2.41. The number of carbonyl (C=O) groups excluding carboxylic acids is 2. The lowest BCUT2D eigenvalue weighted by molar-refractivity contribution is -0.140. The van der Waals surface area contributed by atoms with Crippen LogP contribution in [0.2, 0.25) is 0 Å². The van der Waals surface area contributed by atoms with Gasteiger partial charge in [0.25, 0.3) is 5.91 Å². The molecule has 0 aromatic heterocycles. The maximum Gasteiger partial charge on any atom is 0.411 e. The summed E-state index contributed by atoms with van der Waals surface area (Å²) in [5.41, 5.74) is 5.18. The number of ether oxygens (including phenoxy) is 1. The van der Waals surface area contributed by atoms with E-state index in [1.54, 1.807) is 12.1 Å².